The number of nitrogens with zero attached hydrogens (tertiary/aromatic N) is 3. The van der Waals surface area contributed by atoms with Gasteiger partial charge in [0.1, 0.15) is 0 Å². The van der Waals surface area contributed by atoms with Crippen LogP contribution in [0, 0.1) is 0 Å². The predicted molar refractivity (Wildman–Crippen MR) is 258 cm³/mol. The molecular weight excluding hydrogens is 763 g/mol. The molecule has 294 valence electrons. The zero-order valence-electron chi connectivity index (χ0n) is 34.4. The minimum atomic E-state index is -0.389. The molecule has 1 unspecified atom stereocenters. The Morgan fingerprint density at radius 2 is 0.921 bits per heavy atom. The maximum atomic E-state index is 5.16. The predicted octanol–water partition coefficient (Wildman–Crippen LogP) is 14.6. The van der Waals surface area contributed by atoms with Crippen molar-refractivity contribution in [3.05, 3.63) is 252 Å². The molecular formula is C60H39N3. The summed E-state index contributed by atoms with van der Waals surface area (Å²) in [7, 11) is 0. The van der Waals surface area contributed by atoms with Crippen LogP contribution in [0.25, 0.3) is 83.3 Å². The Kier molecular flexibility index (Phi) is 7.95. The van der Waals surface area contributed by atoms with Crippen LogP contribution in [-0.4, -0.2) is 15.0 Å². The highest BCUT2D eigenvalue weighted by molar-refractivity contribution is 6.17. The van der Waals surface area contributed by atoms with Gasteiger partial charge in [-0.05, 0) is 94.7 Å². The van der Waals surface area contributed by atoms with Crippen molar-refractivity contribution in [3.8, 4) is 56.2 Å². The van der Waals surface area contributed by atoms with Crippen molar-refractivity contribution >= 4 is 27.1 Å². The summed E-state index contributed by atoms with van der Waals surface area (Å²) < 4.78 is 0. The molecule has 1 atom stereocenters. The van der Waals surface area contributed by atoms with Crippen LogP contribution in [0.4, 0.5) is 0 Å². The van der Waals surface area contributed by atoms with Gasteiger partial charge in [0.05, 0.1) is 5.41 Å². The van der Waals surface area contributed by atoms with Crippen LogP contribution in [0.15, 0.2) is 218 Å². The highest BCUT2D eigenvalue weighted by Gasteiger charge is 2.51. The van der Waals surface area contributed by atoms with Gasteiger partial charge in [0.15, 0.2) is 17.5 Å². The number of fused-ring (bicyclic) bond motifs is 7. The molecule has 3 nitrogen and oxygen atoms in total. The third-order valence-corrected chi connectivity index (χ3v) is 13.7. The zero-order valence-corrected chi connectivity index (χ0v) is 34.4. The lowest BCUT2D eigenvalue weighted by molar-refractivity contribution is 0.797. The third-order valence-electron chi connectivity index (χ3n) is 13.7. The SMILES string of the molecule is C1=CC(c2cccc(-c3cccc4c3-c3ccccc3C43c4cccc5ccc6cccc3c6c45)c2)CC(c2nc(-c3ccccc3)nc(-c3ccc(-c4ccccc4)cc3)n2)=C1. The minimum absolute atomic E-state index is 0.144. The van der Waals surface area contributed by atoms with Gasteiger partial charge in [-0.1, -0.05) is 218 Å². The Labute approximate surface area is 366 Å². The number of rotatable bonds is 6. The van der Waals surface area contributed by atoms with E-state index in [9.17, 15) is 0 Å². The average molecular weight is 802 g/mol. The highest BCUT2D eigenvalue weighted by Crippen LogP contribution is 2.63. The fourth-order valence-electron chi connectivity index (χ4n) is 10.9. The number of benzene rings is 9. The number of hydrogen-bond donors (Lipinski definition) is 0. The van der Waals surface area contributed by atoms with E-state index in [1.54, 1.807) is 0 Å². The lowest BCUT2D eigenvalue weighted by Gasteiger charge is -2.31. The first-order valence-corrected chi connectivity index (χ1v) is 21.9. The van der Waals surface area contributed by atoms with Crippen LogP contribution < -0.4 is 0 Å². The van der Waals surface area contributed by atoms with E-state index in [0.29, 0.717) is 17.5 Å². The second kappa shape index (κ2) is 14.0. The van der Waals surface area contributed by atoms with Gasteiger partial charge in [-0.2, -0.15) is 0 Å². The molecule has 0 saturated carbocycles. The summed E-state index contributed by atoms with van der Waals surface area (Å²) in [5.74, 6) is 2.19. The largest absolute Gasteiger partial charge is 0.209 e. The van der Waals surface area contributed by atoms with E-state index >= 15 is 0 Å². The Morgan fingerprint density at radius 1 is 0.397 bits per heavy atom. The topological polar surface area (TPSA) is 38.7 Å². The molecule has 10 aromatic rings. The van der Waals surface area contributed by atoms with E-state index in [1.807, 2.05) is 24.3 Å². The molecule has 1 heterocycles. The van der Waals surface area contributed by atoms with E-state index in [2.05, 4.69) is 194 Å². The van der Waals surface area contributed by atoms with Gasteiger partial charge in [0, 0.05) is 17.0 Å². The van der Waals surface area contributed by atoms with Crippen LogP contribution >= 0.6 is 0 Å². The molecule has 1 spiro atoms. The summed E-state index contributed by atoms with van der Waals surface area (Å²) in [6.45, 7) is 0. The fourth-order valence-corrected chi connectivity index (χ4v) is 10.9. The molecule has 3 aliphatic carbocycles. The molecule has 1 aromatic heterocycles. The first-order chi connectivity index (χ1) is 31.2. The standard InChI is InChI=1S/C60H39N3/c1-3-14-38(15-4-1)39-30-34-43(35-31-39)58-61-57(42-16-5-2-6-17-42)62-59(63-58)47-23-10-21-45(37-47)44-20-9-22-46(36-44)48-25-13-29-53-56(48)49-24-7-8-26-50(49)60(53)51-27-11-18-40-32-33-41-19-12-28-52(60)55(41)54(40)51/h1-36,45H,37H2. The van der Waals surface area contributed by atoms with Gasteiger partial charge in [0.25, 0.3) is 0 Å². The summed E-state index contributed by atoms with van der Waals surface area (Å²) in [5, 5.41) is 5.37. The van der Waals surface area contributed by atoms with Crippen LogP contribution in [0.2, 0.25) is 0 Å². The van der Waals surface area contributed by atoms with Crippen LogP contribution in [0.5, 0.6) is 0 Å². The van der Waals surface area contributed by atoms with Gasteiger partial charge in [0.2, 0.25) is 0 Å². The number of aromatic nitrogens is 3. The molecule has 0 amide bonds. The molecule has 13 rings (SSSR count). The molecule has 0 saturated heterocycles. The third kappa shape index (κ3) is 5.43. The van der Waals surface area contributed by atoms with Gasteiger partial charge in [-0.3, -0.25) is 0 Å². The van der Waals surface area contributed by atoms with Gasteiger partial charge in [-0.15, -0.1) is 0 Å². The number of hydrogen-bond acceptors (Lipinski definition) is 3. The van der Waals surface area contributed by atoms with E-state index in [-0.39, 0.29) is 11.3 Å². The maximum absolute atomic E-state index is 5.16. The van der Waals surface area contributed by atoms with Gasteiger partial charge < -0.3 is 0 Å². The Balaban J connectivity index is 0.884. The molecule has 3 heteroatoms. The highest BCUT2D eigenvalue weighted by atomic mass is 15.0. The van der Waals surface area contributed by atoms with E-state index < -0.39 is 0 Å². The first-order valence-electron chi connectivity index (χ1n) is 21.9. The van der Waals surface area contributed by atoms with Gasteiger partial charge >= 0.3 is 0 Å². The quantitative estimate of drug-likeness (QED) is 0.157. The second-order valence-corrected chi connectivity index (χ2v) is 17.0. The Bertz CT molecular complexity index is 3470. The fraction of sp³-hybridized carbons (Fsp3) is 0.0500. The molecule has 3 aliphatic rings. The molecule has 0 bridgehead atoms. The lowest BCUT2D eigenvalue weighted by Crippen LogP contribution is -2.26. The lowest BCUT2D eigenvalue weighted by atomic mass is 9.70. The van der Waals surface area contributed by atoms with Crippen molar-refractivity contribution < 1.29 is 0 Å². The van der Waals surface area contributed by atoms with Crippen molar-refractivity contribution in [3.63, 3.8) is 0 Å². The van der Waals surface area contributed by atoms with E-state index in [1.165, 1.54) is 77.2 Å². The van der Waals surface area contributed by atoms with Crippen LogP contribution in [0.1, 0.15) is 46.0 Å². The Hall–Kier alpha value is -8.01. The molecule has 63 heavy (non-hydrogen) atoms. The molecule has 0 N–H and O–H groups in total. The minimum Gasteiger partial charge on any atom is -0.209 e. The summed E-state index contributed by atoms with van der Waals surface area (Å²) in [6.07, 6.45) is 7.45. The number of allylic oxidation sites excluding steroid dienone is 4. The van der Waals surface area contributed by atoms with Crippen molar-refractivity contribution in [1.82, 2.24) is 15.0 Å². The maximum Gasteiger partial charge on any atom is 0.164 e. The van der Waals surface area contributed by atoms with Crippen molar-refractivity contribution in [2.24, 2.45) is 0 Å². The smallest absolute Gasteiger partial charge is 0.164 e. The monoisotopic (exact) mass is 801 g/mol. The normalized spacial score (nSPS) is 15.2. The van der Waals surface area contributed by atoms with Crippen molar-refractivity contribution in [2.75, 3.05) is 0 Å². The summed E-state index contributed by atoms with van der Waals surface area (Å²) >= 11 is 0. The summed E-state index contributed by atoms with van der Waals surface area (Å²) in [4.78, 5) is 15.3. The summed E-state index contributed by atoms with van der Waals surface area (Å²) in [5.41, 5.74) is 16.9. The zero-order chi connectivity index (χ0) is 41.5. The molecule has 0 radical (unpaired) electrons. The second-order valence-electron chi connectivity index (χ2n) is 17.0. The molecule has 9 aromatic carbocycles. The van der Waals surface area contributed by atoms with Crippen molar-refractivity contribution in [2.45, 2.75) is 17.8 Å². The van der Waals surface area contributed by atoms with E-state index in [4.69, 9.17) is 15.0 Å². The van der Waals surface area contributed by atoms with Gasteiger partial charge in [-0.25, -0.2) is 15.0 Å². The van der Waals surface area contributed by atoms with Crippen LogP contribution in [-0.2, 0) is 5.41 Å². The molecule has 0 aliphatic heterocycles. The summed E-state index contributed by atoms with van der Waals surface area (Å²) in [6, 6.07) is 72.9. The van der Waals surface area contributed by atoms with E-state index in [0.717, 1.165) is 28.7 Å². The van der Waals surface area contributed by atoms with Crippen molar-refractivity contribution in [1.29, 1.82) is 0 Å². The molecule has 0 fully saturated rings. The Morgan fingerprint density at radius 3 is 1.65 bits per heavy atom. The van der Waals surface area contributed by atoms with Crippen LogP contribution in [0.3, 0.4) is 0 Å². The first kappa shape index (κ1) is 35.7. The average Bonchev–Trinajstić information content (AvgIpc) is 3.85.